The summed E-state index contributed by atoms with van der Waals surface area (Å²) in [5.41, 5.74) is -1.49. The first kappa shape index (κ1) is 29.2. The zero-order valence-corrected chi connectivity index (χ0v) is 19.9. The fourth-order valence-electron chi connectivity index (χ4n) is 3.86. The maximum Gasteiger partial charge on any atom is 0.313 e. The number of esters is 1. The van der Waals surface area contributed by atoms with E-state index in [1.165, 1.54) is 13.8 Å². The van der Waals surface area contributed by atoms with Gasteiger partial charge in [0.1, 0.15) is 0 Å². The molecule has 0 heterocycles. The molecule has 0 rings (SSSR count). The Bertz CT molecular complexity index is 502. The molecule has 0 aromatic rings. The Balaban J connectivity index is 4.96. The maximum atomic E-state index is 12.1. The van der Waals surface area contributed by atoms with Gasteiger partial charge in [0.2, 0.25) is 0 Å². The van der Waals surface area contributed by atoms with Crippen LogP contribution in [0.2, 0.25) is 0 Å². The summed E-state index contributed by atoms with van der Waals surface area (Å²) in [4.78, 5) is 14.1. The second kappa shape index (κ2) is 12.9. The summed E-state index contributed by atoms with van der Waals surface area (Å²) in [6.45, 7) is 12.7. The van der Waals surface area contributed by atoms with Gasteiger partial charge in [-0.1, -0.05) is 27.7 Å². The molecule has 0 aromatic heterocycles. The molecule has 0 aliphatic rings. The van der Waals surface area contributed by atoms with Crippen LogP contribution in [0.5, 0.6) is 0 Å². The standard InChI is InChI=1S/C22H45NO7/c1-9-17(24)16(6)23(8)12-13(3)11-22(7,29)20(27)14(4)19(26)15(5)21(28)30-18(25)10-2/h13-20,24-27,29H,9-12H2,1-8H3/t13-,14+,15-,16-,17+,18-,19+,20-,22-/m1/s1. The van der Waals surface area contributed by atoms with E-state index in [0.29, 0.717) is 13.0 Å². The molecular weight excluding hydrogens is 390 g/mol. The lowest BCUT2D eigenvalue weighted by molar-refractivity contribution is -0.180. The number of hydrogen-bond acceptors (Lipinski definition) is 8. The molecule has 9 atom stereocenters. The van der Waals surface area contributed by atoms with E-state index in [4.69, 9.17) is 4.74 Å². The zero-order chi connectivity index (χ0) is 23.8. The number of likely N-dealkylation sites (N-methyl/N-ethyl adjacent to an activating group) is 1. The normalized spacial score (nSPS) is 22.3. The molecule has 5 N–H and O–H groups in total. The lowest BCUT2D eigenvalue weighted by Gasteiger charge is -2.39. The van der Waals surface area contributed by atoms with E-state index in [1.807, 2.05) is 32.7 Å². The van der Waals surface area contributed by atoms with Crippen LogP contribution in [0.15, 0.2) is 0 Å². The number of carbonyl (C=O) groups is 1. The number of aliphatic hydroxyl groups excluding tert-OH is 4. The summed E-state index contributed by atoms with van der Waals surface area (Å²) < 4.78 is 4.84. The molecule has 0 saturated heterocycles. The quantitative estimate of drug-likeness (QED) is 0.203. The molecule has 30 heavy (non-hydrogen) atoms. The minimum Gasteiger partial charge on any atom is -0.436 e. The molecule has 0 bridgehead atoms. The van der Waals surface area contributed by atoms with Gasteiger partial charge in [-0.05, 0) is 46.6 Å². The minimum absolute atomic E-state index is 0.0117. The van der Waals surface area contributed by atoms with E-state index < -0.39 is 48.0 Å². The average Bonchev–Trinajstić information content (AvgIpc) is 2.69. The van der Waals surface area contributed by atoms with Crippen molar-refractivity contribution >= 4 is 5.97 Å². The van der Waals surface area contributed by atoms with E-state index in [9.17, 15) is 30.3 Å². The fraction of sp³-hybridized carbons (Fsp3) is 0.955. The zero-order valence-electron chi connectivity index (χ0n) is 19.9. The van der Waals surface area contributed by atoms with Crippen LogP contribution in [-0.4, -0.2) is 86.2 Å². The van der Waals surface area contributed by atoms with Gasteiger partial charge in [-0.3, -0.25) is 4.79 Å². The van der Waals surface area contributed by atoms with Crippen LogP contribution in [-0.2, 0) is 9.53 Å². The van der Waals surface area contributed by atoms with Gasteiger partial charge in [0, 0.05) is 24.9 Å². The van der Waals surface area contributed by atoms with Crippen molar-refractivity contribution in [3.63, 3.8) is 0 Å². The summed E-state index contributed by atoms with van der Waals surface area (Å²) >= 11 is 0. The molecule has 8 nitrogen and oxygen atoms in total. The third-order valence-electron chi connectivity index (χ3n) is 6.19. The number of ether oxygens (including phenoxy) is 1. The highest BCUT2D eigenvalue weighted by Crippen LogP contribution is 2.29. The molecule has 0 aliphatic carbocycles. The Morgan fingerprint density at radius 2 is 1.57 bits per heavy atom. The Kier molecular flexibility index (Phi) is 12.6. The predicted octanol–water partition coefficient (Wildman–Crippen LogP) is 1.12. The van der Waals surface area contributed by atoms with Crippen molar-refractivity contribution in [3.05, 3.63) is 0 Å². The molecule has 0 spiro atoms. The minimum atomic E-state index is -1.49. The number of nitrogens with zero attached hydrogens (tertiary/aromatic N) is 1. The summed E-state index contributed by atoms with van der Waals surface area (Å²) in [7, 11) is 1.91. The maximum absolute atomic E-state index is 12.1. The second-order valence-electron chi connectivity index (χ2n) is 9.21. The Hall–Kier alpha value is -0.770. The average molecular weight is 436 g/mol. The molecule has 0 saturated carbocycles. The van der Waals surface area contributed by atoms with Crippen molar-refractivity contribution in [1.29, 1.82) is 0 Å². The molecule has 0 unspecified atom stereocenters. The van der Waals surface area contributed by atoms with Gasteiger partial charge in [0.05, 0.1) is 29.8 Å². The van der Waals surface area contributed by atoms with Crippen molar-refractivity contribution in [1.82, 2.24) is 4.90 Å². The lowest BCUT2D eigenvalue weighted by atomic mass is 9.78. The number of rotatable bonds is 14. The predicted molar refractivity (Wildman–Crippen MR) is 116 cm³/mol. The van der Waals surface area contributed by atoms with Crippen LogP contribution < -0.4 is 0 Å². The smallest absolute Gasteiger partial charge is 0.313 e. The SMILES string of the molecule is CC[C@H](O)OC(=O)[C@H](C)[C@@H](O)[C@H](C)[C@@H](O)[C@](C)(O)C[C@@H](C)CN(C)[C@H](C)[C@@H](O)CC. The van der Waals surface area contributed by atoms with Gasteiger partial charge in [0.15, 0.2) is 6.29 Å². The van der Waals surface area contributed by atoms with Crippen molar-refractivity contribution in [2.45, 2.75) is 104 Å². The first-order valence-corrected chi connectivity index (χ1v) is 11.0. The third-order valence-corrected chi connectivity index (χ3v) is 6.19. The van der Waals surface area contributed by atoms with E-state index in [2.05, 4.69) is 0 Å². The highest BCUT2D eigenvalue weighted by molar-refractivity contribution is 5.72. The van der Waals surface area contributed by atoms with Gasteiger partial charge in [-0.15, -0.1) is 0 Å². The molecule has 180 valence electrons. The Labute approximate surface area is 181 Å². The van der Waals surface area contributed by atoms with Crippen LogP contribution in [0.4, 0.5) is 0 Å². The largest absolute Gasteiger partial charge is 0.436 e. The van der Waals surface area contributed by atoms with E-state index in [-0.39, 0.29) is 24.8 Å². The molecule has 0 radical (unpaired) electrons. The topological polar surface area (TPSA) is 131 Å². The number of carbonyl (C=O) groups excluding carboxylic acids is 1. The molecule has 0 aromatic carbocycles. The second-order valence-corrected chi connectivity index (χ2v) is 9.21. The van der Waals surface area contributed by atoms with Crippen molar-refractivity contribution in [2.24, 2.45) is 17.8 Å². The van der Waals surface area contributed by atoms with Crippen molar-refractivity contribution < 1.29 is 35.1 Å². The molecule has 8 heteroatoms. The Morgan fingerprint density at radius 3 is 2.03 bits per heavy atom. The highest BCUT2D eigenvalue weighted by Gasteiger charge is 2.41. The molecule has 0 fully saturated rings. The van der Waals surface area contributed by atoms with Crippen LogP contribution in [0, 0.1) is 17.8 Å². The number of aliphatic hydroxyl groups is 5. The van der Waals surface area contributed by atoms with Gasteiger partial charge in [0.25, 0.3) is 0 Å². The Morgan fingerprint density at radius 1 is 1.03 bits per heavy atom. The van der Waals surface area contributed by atoms with Crippen molar-refractivity contribution in [2.75, 3.05) is 13.6 Å². The van der Waals surface area contributed by atoms with E-state index >= 15 is 0 Å². The van der Waals surface area contributed by atoms with Gasteiger partial charge >= 0.3 is 5.97 Å². The third kappa shape index (κ3) is 8.77. The van der Waals surface area contributed by atoms with Crippen LogP contribution >= 0.6 is 0 Å². The number of hydrogen-bond donors (Lipinski definition) is 5. The highest BCUT2D eigenvalue weighted by atomic mass is 16.6. The van der Waals surface area contributed by atoms with Gasteiger partial charge < -0.3 is 35.2 Å². The first-order valence-electron chi connectivity index (χ1n) is 11.0. The molecule has 0 aliphatic heterocycles. The summed E-state index contributed by atoms with van der Waals surface area (Å²) in [5.74, 6) is -2.51. The lowest BCUT2D eigenvalue weighted by Crippen LogP contribution is -2.51. The molecule has 0 amide bonds. The fourth-order valence-corrected chi connectivity index (χ4v) is 3.86. The monoisotopic (exact) mass is 435 g/mol. The van der Waals surface area contributed by atoms with E-state index in [1.54, 1.807) is 13.8 Å². The first-order chi connectivity index (χ1) is 13.7. The van der Waals surface area contributed by atoms with Crippen molar-refractivity contribution in [3.8, 4) is 0 Å². The summed E-state index contributed by atoms with van der Waals surface area (Å²) in [5, 5.41) is 51.6. The summed E-state index contributed by atoms with van der Waals surface area (Å²) in [6, 6.07) is -0.0293. The molecular formula is C22H45NO7. The van der Waals surface area contributed by atoms with Crippen LogP contribution in [0.25, 0.3) is 0 Å². The summed E-state index contributed by atoms with van der Waals surface area (Å²) in [6.07, 6.45) is -3.02. The van der Waals surface area contributed by atoms with Crippen LogP contribution in [0.1, 0.15) is 67.7 Å². The van der Waals surface area contributed by atoms with Crippen LogP contribution in [0.3, 0.4) is 0 Å². The van der Waals surface area contributed by atoms with Gasteiger partial charge in [-0.2, -0.15) is 0 Å². The van der Waals surface area contributed by atoms with E-state index in [0.717, 1.165) is 0 Å². The van der Waals surface area contributed by atoms with Gasteiger partial charge in [-0.25, -0.2) is 0 Å².